The van der Waals surface area contributed by atoms with Gasteiger partial charge in [0.05, 0.1) is 10.5 Å². The molecule has 0 aromatic heterocycles. The summed E-state index contributed by atoms with van der Waals surface area (Å²) in [7, 11) is -3.84. The third kappa shape index (κ3) is 6.17. The van der Waals surface area contributed by atoms with Crippen LogP contribution in [0.1, 0.15) is 42.2 Å². The molecule has 0 radical (unpaired) electrons. The highest BCUT2D eigenvalue weighted by Crippen LogP contribution is 2.18. The second-order valence-electron chi connectivity index (χ2n) is 6.21. The van der Waals surface area contributed by atoms with Crippen LogP contribution in [0.25, 0.3) is 0 Å². The van der Waals surface area contributed by atoms with Crippen molar-refractivity contribution in [3.8, 4) is 0 Å². The lowest BCUT2D eigenvalue weighted by atomic mass is 10.1. The maximum atomic E-state index is 12.6. The van der Waals surface area contributed by atoms with E-state index in [9.17, 15) is 18.0 Å². The van der Waals surface area contributed by atoms with Crippen LogP contribution in [0, 0.1) is 0 Å². The standard InChI is InChI=1S/C20H24N2O5S/c1-3-12-21-19(23)14-27-20(24)17-10-7-11-18(13-17)28(25,26)22-15(2)16-8-5-4-6-9-16/h4-11,13,15,22H,3,12,14H2,1-2H3,(H,21,23)/t15-/m1/s1. The van der Waals surface area contributed by atoms with Crippen LogP contribution in [0.15, 0.2) is 59.5 Å². The molecule has 1 atom stereocenters. The first-order valence-electron chi connectivity index (χ1n) is 8.94. The van der Waals surface area contributed by atoms with E-state index in [0.717, 1.165) is 12.0 Å². The summed E-state index contributed by atoms with van der Waals surface area (Å²) in [5.74, 6) is -1.17. The smallest absolute Gasteiger partial charge is 0.338 e. The van der Waals surface area contributed by atoms with Crippen molar-refractivity contribution in [3.05, 3.63) is 65.7 Å². The van der Waals surface area contributed by atoms with E-state index in [1.807, 2.05) is 37.3 Å². The van der Waals surface area contributed by atoms with Gasteiger partial charge in [0.1, 0.15) is 0 Å². The lowest BCUT2D eigenvalue weighted by Gasteiger charge is -2.15. The van der Waals surface area contributed by atoms with Crippen LogP contribution in [0.3, 0.4) is 0 Å². The van der Waals surface area contributed by atoms with Crippen molar-refractivity contribution >= 4 is 21.9 Å². The number of nitrogens with one attached hydrogen (secondary N) is 2. The summed E-state index contributed by atoms with van der Waals surface area (Å²) in [6.45, 7) is 3.72. The summed E-state index contributed by atoms with van der Waals surface area (Å²) in [4.78, 5) is 23.6. The molecule has 0 aliphatic rings. The van der Waals surface area contributed by atoms with E-state index in [1.54, 1.807) is 6.92 Å². The molecule has 0 aliphatic heterocycles. The maximum absolute atomic E-state index is 12.6. The van der Waals surface area contributed by atoms with Crippen molar-refractivity contribution in [2.24, 2.45) is 0 Å². The molecule has 1 amide bonds. The molecule has 0 bridgehead atoms. The molecule has 0 fully saturated rings. The Morgan fingerprint density at radius 3 is 2.46 bits per heavy atom. The average molecular weight is 404 g/mol. The van der Waals surface area contributed by atoms with Crippen molar-refractivity contribution < 1.29 is 22.7 Å². The highest BCUT2D eigenvalue weighted by Gasteiger charge is 2.20. The van der Waals surface area contributed by atoms with Gasteiger partial charge in [-0.3, -0.25) is 4.79 Å². The number of esters is 1. The first-order chi connectivity index (χ1) is 13.3. The van der Waals surface area contributed by atoms with E-state index in [-0.39, 0.29) is 10.5 Å². The highest BCUT2D eigenvalue weighted by molar-refractivity contribution is 7.89. The third-order valence-corrected chi connectivity index (χ3v) is 5.46. The Labute approximate surface area is 165 Å². The molecule has 0 spiro atoms. The van der Waals surface area contributed by atoms with E-state index < -0.39 is 34.5 Å². The predicted octanol–water partition coefficient (Wildman–Crippen LogP) is 2.41. The second-order valence-corrected chi connectivity index (χ2v) is 7.92. The predicted molar refractivity (Wildman–Crippen MR) is 105 cm³/mol. The molecule has 0 heterocycles. The second kappa shape index (κ2) is 10.0. The Morgan fingerprint density at radius 1 is 1.07 bits per heavy atom. The fraction of sp³-hybridized carbons (Fsp3) is 0.300. The number of ether oxygens (including phenoxy) is 1. The van der Waals surface area contributed by atoms with Gasteiger partial charge in [-0.05, 0) is 37.1 Å². The summed E-state index contributed by atoms with van der Waals surface area (Å²) >= 11 is 0. The van der Waals surface area contributed by atoms with Gasteiger partial charge in [0.25, 0.3) is 5.91 Å². The van der Waals surface area contributed by atoms with Gasteiger partial charge in [0, 0.05) is 12.6 Å². The van der Waals surface area contributed by atoms with Gasteiger partial charge >= 0.3 is 5.97 Å². The SMILES string of the molecule is CCCNC(=O)COC(=O)c1cccc(S(=O)(=O)N[C@H](C)c2ccccc2)c1. The Kier molecular flexibility index (Phi) is 7.71. The minimum absolute atomic E-state index is 0.0542. The molecular weight excluding hydrogens is 380 g/mol. The van der Waals surface area contributed by atoms with Gasteiger partial charge in [-0.25, -0.2) is 17.9 Å². The van der Waals surface area contributed by atoms with Crippen LogP contribution >= 0.6 is 0 Å². The van der Waals surface area contributed by atoms with Crippen LogP contribution in [0.5, 0.6) is 0 Å². The molecule has 8 heteroatoms. The van der Waals surface area contributed by atoms with Crippen molar-refractivity contribution in [3.63, 3.8) is 0 Å². The van der Waals surface area contributed by atoms with Gasteiger partial charge < -0.3 is 10.1 Å². The van der Waals surface area contributed by atoms with Crippen molar-refractivity contribution in [2.75, 3.05) is 13.2 Å². The van der Waals surface area contributed by atoms with E-state index >= 15 is 0 Å². The third-order valence-electron chi connectivity index (χ3n) is 3.92. The van der Waals surface area contributed by atoms with Gasteiger partial charge in [-0.2, -0.15) is 0 Å². The number of carbonyl (C=O) groups excluding carboxylic acids is 2. The lowest BCUT2D eigenvalue weighted by Crippen LogP contribution is -2.29. The number of sulfonamides is 1. The minimum atomic E-state index is -3.84. The van der Waals surface area contributed by atoms with Crippen LogP contribution in [0.4, 0.5) is 0 Å². The van der Waals surface area contributed by atoms with E-state index in [2.05, 4.69) is 10.0 Å². The summed E-state index contributed by atoms with van der Waals surface area (Å²) in [5, 5.41) is 2.59. The number of rotatable bonds is 9. The van der Waals surface area contributed by atoms with Crippen molar-refractivity contribution in [1.29, 1.82) is 0 Å². The van der Waals surface area contributed by atoms with Crippen LogP contribution in [0.2, 0.25) is 0 Å². The van der Waals surface area contributed by atoms with Crippen molar-refractivity contribution in [2.45, 2.75) is 31.2 Å². The number of hydrogen-bond acceptors (Lipinski definition) is 5. The molecule has 0 aliphatic carbocycles. The molecule has 2 aromatic carbocycles. The van der Waals surface area contributed by atoms with Crippen LogP contribution < -0.4 is 10.0 Å². The molecular formula is C20H24N2O5S. The zero-order chi connectivity index (χ0) is 20.6. The molecule has 2 rings (SSSR count). The van der Waals surface area contributed by atoms with Gasteiger partial charge in [0.2, 0.25) is 10.0 Å². The number of hydrogen-bond donors (Lipinski definition) is 2. The average Bonchev–Trinajstić information content (AvgIpc) is 2.70. The first kappa shape index (κ1) is 21.6. The fourth-order valence-electron chi connectivity index (χ4n) is 2.43. The van der Waals surface area contributed by atoms with Crippen molar-refractivity contribution in [1.82, 2.24) is 10.0 Å². The molecule has 7 nitrogen and oxygen atoms in total. The Balaban J connectivity index is 2.06. The Bertz CT molecular complexity index is 913. The normalized spacial score (nSPS) is 12.2. The van der Waals surface area contributed by atoms with E-state index in [4.69, 9.17) is 4.74 Å². The molecule has 2 N–H and O–H groups in total. The molecule has 28 heavy (non-hydrogen) atoms. The molecule has 150 valence electrons. The Morgan fingerprint density at radius 2 is 1.79 bits per heavy atom. The Hall–Kier alpha value is -2.71. The topological polar surface area (TPSA) is 102 Å². The van der Waals surface area contributed by atoms with Crippen LogP contribution in [-0.4, -0.2) is 33.4 Å². The number of benzene rings is 2. The lowest BCUT2D eigenvalue weighted by molar-refractivity contribution is -0.124. The van der Waals surface area contributed by atoms with Gasteiger partial charge in [-0.15, -0.1) is 0 Å². The molecule has 0 saturated carbocycles. The molecule has 2 aromatic rings. The number of amides is 1. The molecule has 0 saturated heterocycles. The summed E-state index contributed by atoms with van der Waals surface area (Å²) in [5.41, 5.74) is 0.873. The minimum Gasteiger partial charge on any atom is -0.452 e. The summed E-state index contributed by atoms with van der Waals surface area (Å²) < 4.78 is 32.8. The van der Waals surface area contributed by atoms with E-state index in [1.165, 1.54) is 24.3 Å². The number of carbonyl (C=O) groups is 2. The summed E-state index contributed by atoms with van der Waals surface area (Å²) in [6.07, 6.45) is 0.772. The maximum Gasteiger partial charge on any atom is 0.338 e. The van der Waals surface area contributed by atoms with Gasteiger partial charge in [0.15, 0.2) is 6.61 Å². The monoisotopic (exact) mass is 404 g/mol. The first-order valence-corrected chi connectivity index (χ1v) is 10.4. The fourth-order valence-corrected chi connectivity index (χ4v) is 3.71. The van der Waals surface area contributed by atoms with E-state index in [0.29, 0.717) is 6.54 Å². The van der Waals surface area contributed by atoms with Crippen LogP contribution in [-0.2, 0) is 19.6 Å². The molecule has 0 unspecified atom stereocenters. The zero-order valence-corrected chi connectivity index (χ0v) is 16.7. The largest absolute Gasteiger partial charge is 0.452 e. The zero-order valence-electron chi connectivity index (χ0n) is 15.8. The highest BCUT2D eigenvalue weighted by atomic mass is 32.2. The quantitative estimate of drug-likeness (QED) is 0.625. The van der Waals surface area contributed by atoms with Gasteiger partial charge in [-0.1, -0.05) is 43.3 Å². The summed E-state index contributed by atoms with van der Waals surface area (Å²) in [6, 6.07) is 14.2.